The molecule has 1 heterocycles. The van der Waals surface area contributed by atoms with Crippen LogP contribution in [0.2, 0.25) is 5.02 Å². The van der Waals surface area contributed by atoms with E-state index < -0.39 is 10.0 Å². The fraction of sp³-hybridized carbons (Fsp3) is 0.316. The van der Waals surface area contributed by atoms with Gasteiger partial charge in [-0.25, -0.2) is 13.1 Å². The fourth-order valence-electron chi connectivity index (χ4n) is 3.29. The van der Waals surface area contributed by atoms with Crippen LogP contribution in [0, 0.1) is 0 Å². The molecule has 1 atom stereocenters. The summed E-state index contributed by atoms with van der Waals surface area (Å²) in [6.07, 6.45) is 1.71. The van der Waals surface area contributed by atoms with Crippen LogP contribution in [0.4, 0.5) is 0 Å². The number of hydrogen-bond donors (Lipinski definition) is 1. The van der Waals surface area contributed by atoms with Gasteiger partial charge in [0.05, 0.1) is 28.6 Å². The number of methoxy groups -OCH3 is 1. The van der Waals surface area contributed by atoms with Crippen LogP contribution in [0.3, 0.4) is 0 Å². The molecule has 144 valence electrons. The van der Waals surface area contributed by atoms with E-state index in [2.05, 4.69) is 4.72 Å². The van der Waals surface area contributed by atoms with Gasteiger partial charge in [-0.3, -0.25) is 4.79 Å². The molecule has 6 nitrogen and oxygen atoms in total. The normalized spacial score (nSPS) is 17.1. The number of halogens is 1. The van der Waals surface area contributed by atoms with Crippen molar-refractivity contribution in [2.24, 2.45) is 0 Å². The zero-order valence-electron chi connectivity index (χ0n) is 15.1. The summed E-state index contributed by atoms with van der Waals surface area (Å²) in [5, 5.41) is 0.232. The summed E-state index contributed by atoms with van der Waals surface area (Å²) < 4.78 is 31.6. The van der Waals surface area contributed by atoms with Gasteiger partial charge < -0.3 is 9.64 Å². The predicted molar refractivity (Wildman–Crippen MR) is 104 cm³/mol. The predicted octanol–water partition coefficient (Wildman–Crippen LogP) is 3.23. The Balaban J connectivity index is 1.93. The molecule has 0 bridgehead atoms. The summed E-state index contributed by atoms with van der Waals surface area (Å²) >= 11 is 6.22. The molecule has 0 aliphatic carbocycles. The lowest BCUT2D eigenvalue weighted by atomic mass is 10.0. The zero-order valence-corrected chi connectivity index (χ0v) is 16.7. The summed E-state index contributed by atoms with van der Waals surface area (Å²) in [5.74, 6) is 0.481. The first-order valence-electron chi connectivity index (χ1n) is 8.55. The van der Waals surface area contributed by atoms with Crippen LogP contribution >= 0.6 is 11.6 Å². The van der Waals surface area contributed by atoms with Gasteiger partial charge in [0.15, 0.2) is 0 Å². The van der Waals surface area contributed by atoms with Crippen LogP contribution in [0.15, 0.2) is 47.4 Å². The zero-order chi connectivity index (χ0) is 19.6. The van der Waals surface area contributed by atoms with Gasteiger partial charge in [0, 0.05) is 6.54 Å². The number of carbonyl (C=O) groups is 1. The number of benzene rings is 2. The number of carbonyl (C=O) groups excluding carboxylic acids is 1. The fourth-order valence-corrected chi connectivity index (χ4v) is 4.24. The molecule has 0 aromatic heterocycles. The molecule has 1 fully saturated rings. The minimum Gasteiger partial charge on any atom is -0.497 e. The lowest BCUT2D eigenvalue weighted by Gasteiger charge is -2.26. The molecule has 27 heavy (non-hydrogen) atoms. The van der Waals surface area contributed by atoms with Crippen LogP contribution in [-0.2, 0) is 10.0 Å². The number of likely N-dealkylation sites (tertiary alicyclic amines) is 1. The van der Waals surface area contributed by atoms with Crippen LogP contribution in [-0.4, -0.2) is 39.9 Å². The molecule has 8 heteroatoms. The Morgan fingerprint density at radius 2 is 1.93 bits per heavy atom. The van der Waals surface area contributed by atoms with E-state index in [4.69, 9.17) is 16.3 Å². The third-order valence-electron chi connectivity index (χ3n) is 4.76. The standard InChI is InChI=1S/C19H21ClN2O4S/c1-21-27(24,25)15-9-10-17(20)16(12-15)19(23)22-11-3-4-18(22)13-5-7-14(26-2)8-6-13/h5-10,12,18,21H,3-4,11H2,1-2H3. The van der Waals surface area contributed by atoms with Gasteiger partial charge in [-0.05, 0) is 55.8 Å². The second-order valence-electron chi connectivity index (χ2n) is 6.28. The second-order valence-corrected chi connectivity index (χ2v) is 8.57. The molecule has 1 aliphatic rings. The third-order valence-corrected chi connectivity index (χ3v) is 6.50. The minimum atomic E-state index is -3.66. The number of amides is 1. The van der Waals surface area contributed by atoms with Crippen molar-refractivity contribution in [3.05, 3.63) is 58.6 Å². The first-order chi connectivity index (χ1) is 12.9. The molecular formula is C19H21ClN2O4S. The Morgan fingerprint density at radius 3 is 2.56 bits per heavy atom. The molecule has 0 spiro atoms. The number of nitrogens with one attached hydrogen (secondary N) is 1. The molecule has 2 aromatic carbocycles. The van der Waals surface area contributed by atoms with E-state index in [1.807, 2.05) is 24.3 Å². The highest BCUT2D eigenvalue weighted by atomic mass is 35.5. The number of sulfonamides is 1. The summed E-state index contributed by atoms with van der Waals surface area (Å²) in [5.41, 5.74) is 1.20. The summed E-state index contributed by atoms with van der Waals surface area (Å²) in [7, 11) is -0.730. The van der Waals surface area contributed by atoms with E-state index >= 15 is 0 Å². The van der Waals surface area contributed by atoms with Crippen molar-refractivity contribution in [1.29, 1.82) is 0 Å². The molecule has 3 rings (SSSR count). The van der Waals surface area contributed by atoms with Gasteiger partial charge in [-0.2, -0.15) is 0 Å². The molecule has 0 radical (unpaired) electrons. The Bertz CT molecular complexity index is 945. The Kier molecular flexibility index (Phi) is 5.74. The van der Waals surface area contributed by atoms with Crippen LogP contribution in [0.5, 0.6) is 5.75 Å². The van der Waals surface area contributed by atoms with Crippen molar-refractivity contribution >= 4 is 27.5 Å². The third kappa shape index (κ3) is 3.95. The lowest BCUT2D eigenvalue weighted by molar-refractivity contribution is 0.0735. The van der Waals surface area contributed by atoms with Crippen molar-refractivity contribution in [1.82, 2.24) is 9.62 Å². The van der Waals surface area contributed by atoms with Gasteiger partial charge in [-0.1, -0.05) is 23.7 Å². The highest BCUT2D eigenvalue weighted by Gasteiger charge is 2.32. The molecule has 1 N–H and O–H groups in total. The number of hydrogen-bond acceptors (Lipinski definition) is 4. The van der Waals surface area contributed by atoms with E-state index in [1.54, 1.807) is 12.0 Å². The SMILES string of the molecule is CNS(=O)(=O)c1ccc(Cl)c(C(=O)N2CCCC2c2ccc(OC)cc2)c1. The molecular weight excluding hydrogens is 388 g/mol. The molecule has 1 saturated heterocycles. The second kappa shape index (κ2) is 7.88. The average molecular weight is 409 g/mol. The van der Waals surface area contributed by atoms with Crippen molar-refractivity contribution in [3.8, 4) is 5.75 Å². The maximum atomic E-state index is 13.1. The maximum Gasteiger partial charge on any atom is 0.255 e. The van der Waals surface area contributed by atoms with Crippen molar-refractivity contribution < 1.29 is 17.9 Å². The largest absolute Gasteiger partial charge is 0.497 e. The minimum absolute atomic E-state index is 0.0120. The first kappa shape index (κ1) is 19.7. The van der Waals surface area contributed by atoms with Gasteiger partial charge in [0.25, 0.3) is 5.91 Å². The Morgan fingerprint density at radius 1 is 1.22 bits per heavy atom. The molecule has 1 unspecified atom stereocenters. The maximum absolute atomic E-state index is 13.1. The number of ether oxygens (including phenoxy) is 1. The van der Waals surface area contributed by atoms with Crippen LogP contribution in [0.25, 0.3) is 0 Å². The summed E-state index contributed by atoms with van der Waals surface area (Å²) in [4.78, 5) is 14.9. The van der Waals surface area contributed by atoms with E-state index in [0.29, 0.717) is 6.54 Å². The topological polar surface area (TPSA) is 75.7 Å². The number of nitrogens with zero attached hydrogens (tertiary/aromatic N) is 1. The molecule has 2 aromatic rings. The molecule has 0 saturated carbocycles. The highest BCUT2D eigenvalue weighted by Crippen LogP contribution is 2.35. The van der Waals surface area contributed by atoms with E-state index in [9.17, 15) is 13.2 Å². The van der Waals surface area contributed by atoms with E-state index in [-0.39, 0.29) is 27.4 Å². The van der Waals surface area contributed by atoms with Crippen molar-refractivity contribution in [2.75, 3.05) is 20.7 Å². The first-order valence-corrected chi connectivity index (χ1v) is 10.4. The smallest absolute Gasteiger partial charge is 0.255 e. The summed E-state index contributed by atoms with van der Waals surface area (Å²) in [6.45, 7) is 0.592. The summed E-state index contributed by atoms with van der Waals surface area (Å²) in [6, 6.07) is 11.7. The Labute approximate surface area is 164 Å². The molecule has 1 amide bonds. The monoisotopic (exact) mass is 408 g/mol. The van der Waals surface area contributed by atoms with E-state index in [0.717, 1.165) is 24.2 Å². The molecule has 1 aliphatic heterocycles. The van der Waals surface area contributed by atoms with Crippen molar-refractivity contribution in [2.45, 2.75) is 23.8 Å². The van der Waals surface area contributed by atoms with Gasteiger partial charge in [-0.15, -0.1) is 0 Å². The lowest BCUT2D eigenvalue weighted by Crippen LogP contribution is -2.31. The highest BCUT2D eigenvalue weighted by molar-refractivity contribution is 7.89. The number of rotatable bonds is 5. The van der Waals surface area contributed by atoms with Crippen molar-refractivity contribution in [3.63, 3.8) is 0 Å². The van der Waals surface area contributed by atoms with Crippen LogP contribution in [0.1, 0.15) is 34.8 Å². The van der Waals surface area contributed by atoms with Gasteiger partial charge in [0.2, 0.25) is 10.0 Å². The Hall–Kier alpha value is -2.09. The average Bonchev–Trinajstić information content (AvgIpc) is 3.17. The van der Waals surface area contributed by atoms with Gasteiger partial charge >= 0.3 is 0 Å². The van der Waals surface area contributed by atoms with Crippen LogP contribution < -0.4 is 9.46 Å². The van der Waals surface area contributed by atoms with Gasteiger partial charge in [0.1, 0.15) is 5.75 Å². The van der Waals surface area contributed by atoms with E-state index in [1.165, 1.54) is 25.2 Å². The quantitative estimate of drug-likeness (QED) is 0.824.